The van der Waals surface area contributed by atoms with E-state index in [2.05, 4.69) is 35.2 Å². The first kappa shape index (κ1) is 14.7. The van der Waals surface area contributed by atoms with Crippen molar-refractivity contribution in [2.75, 3.05) is 20.2 Å². The van der Waals surface area contributed by atoms with Crippen molar-refractivity contribution in [3.8, 4) is 5.75 Å². The Hall–Kier alpha value is -1.84. The molecule has 3 nitrogen and oxygen atoms in total. The maximum Gasteiger partial charge on any atom is 0.118 e. The van der Waals surface area contributed by atoms with Gasteiger partial charge in [0, 0.05) is 31.5 Å². The summed E-state index contributed by atoms with van der Waals surface area (Å²) in [5, 5.41) is 11.2. The monoisotopic (exact) mass is 309 g/mol. The molecule has 23 heavy (non-hydrogen) atoms. The number of piperidine rings is 2. The summed E-state index contributed by atoms with van der Waals surface area (Å²) in [7, 11) is 1.67. The SMILES string of the molecule is COc1ccc(C2(O)[C@H]3C[C@H]2CN(Cc2ccccc2)C3)cc1. The normalized spacial score (nSPS) is 29.8. The summed E-state index contributed by atoms with van der Waals surface area (Å²) in [6.07, 6.45) is 1.13. The number of ether oxygens (including phenoxy) is 1. The molecule has 3 heteroatoms. The molecule has 2 atom stereocenters. The molecule has 2 bridgehead atoms. The van der Waals surface area contributed by atoms with Crippen molar-refractivity contribution in [2.24, 2.45) is 11.8 Å². The second-order valence-electron chi connectivity index (χ2n) is 6.86. The van der Waals surface area contributed by atoms with E-state index in [4.69, 9.17) is 4.74 Å². The predicted octanol–water partition coefficient (Wildman–Crippen LogP) is 3.03. The molecule has 0 spiro atoms. The number of nitrogens with zero attached hydrogens (tertiary/aromatic N) is 1. The van der Waals surface area contributed by atoms with Crippen LogP contribution in [0.3, 0.4) is 0 Å². The smallest absolute Gasteiger partial charge is 0.118 e. The highest BCUT2D eigenvalue weighted by Crippen LogP contribution is 2.55. The average Bonchev–Trinajstić information content (AvgIpc) is 2.62. The molecule has 2 heterocycles. The van der Waals surface area contributed by atoms with Crippen molar-refractivity contribution < 1.29 is 9.84 Å². The zero-order chi connectivity index (χ0) is 15.9. The van der Waals surface area contributed by atoms with Gasteiger partial charge in [0.15, 0.2) is 0 Å². The van der Waals surface area contributed by atoms with E-state index in [9.17, 15) is 5.11 Å². The van der Waals surface area contributed by atoms with Crippen molar-refractivity contribution in [3.05, 3.63) is 65.7 Å². The van der Waals surface area contributed by atoms with Crippen LogP contribution in [0.2, 0.25) is 0 Å². The Labute approximate surface area is 137 Å². The molecular formula is C20H23NO2. The maximum atomic E-state index is 11.2. The number of aliphatic hydroxyl groups is 1. The van der Waals surface area contributed by atoms with Crippen LogP contribution >= 0.6 is 0 Å². The molecule has 3 aliphatic rings. The van der Waals surface area contributed by atoms with Gasteiger partial charge in [-0.25, -0.2) is 0 Å². The van der Waals surface area contributed by atoms with Gasteiger partial charge in [-0.15, -0.1) is 0 Å². The van der Waals surface area contributed by atoms with E-state index in [-0.39, 0.29) is 0 Å². The van der Waals surface area contributed by atoms with Gasteiger partial charge < -0.3 is 9.84 Å². The molecule has 120 valence electrons. The summed E-state index contributed by atoms with van der Waals surface area (Å²) in [5.74, 6) is 1.50. The lowest BCUT2D eigenvalue weighted by Crippen LogP contribution is -2.64. The minimum Gasteiger partial charge on any atom is -0.497 e. The van der Waals surface area contributed by atoms with E-state index in [0.717, 1.165) is 37.4 Å². The zero-order valence-corrected chi connectivity index (χ0v) is 13.5. The van der Waals surface area contributed by atoms with Gasteiger partial charge >= 0.3 is 0 Å². The van der Waals surface area contributed by atoms with Crippen molar-refractivity contribution in [2.45, 2.75) is 18.6 Å². The van der Waals surface area contributed by atoms with Gasteiger partial charge in [-0.05, 0) is 29.7 Å². The van der Waals surface area contributed by atoms with Crippen molar-refractivity contribution in [3.63, 3.8) is 0 Å². The molecule has 2 aromatic carbocycles. The van der Waals surface area contributed by atoms with Crippen molar-refractivity contribution >= 4 is 0 Å². The van der Waals surface area contributed by atoms with E-state index in [1.807, 2.05) is 24.3 Å². The number of benzene rings is 2. The summed E-state index contributed by atoms with van der Waals surface area (Å²) < 4.78 is 5.22. The highest BCUT2D eigenvalue weighted by Gasteiger charge is 2.58. The van der Waals surface area contributed by atoms with E-state index < -0.39 is 5.60 Å². The van der Waals surface area contributed by atoms with Gasteiger partial charge in [0.25, 0.3) is 0 Å². The summed E-state index contributed by atoms with van der Waals surface area (Å²) in [6.45, 7) is 2.91. The van der Waals surface area contributed by atoms with Crippen LogP contribution in [0, 0.1) is 11.8 Å². The lowest BCUT2D eigenvalue weighted by Gasteiger charge is -2.59. The van der Waals surface area contributed by atoms with Crippen LogP contribution in [0.25, 0.3) is 0 Å². The lowest BCUT2D eigenvalue weighted by molar-refractivity contribution is -0.205. The summed E-state index contributed by atoms with van der Waals surface area (Å²) in [4.78, 5) is 2.48. The Morgan fingerprint density at radius 1 is 1.04 bits per heavy atom. The van der Waals surface area contributed by atoms with Crippen LogP contribution in [0.5, 0.6) is 5.75 Å². The Bertz CT molecular complexity index is 656. The lowest BCUT2D eigenvalue weighted by atomic mass is 9.55. The molecule has 2 aliphatic heterocycles. The van der Waals surface area contributed by atoms with Crippen LogP contribution < -0.4 is 4.74 Å². The number of rotatable bonds is 4. The standard InChI is InChI=1S/C20H23NO2/c1-23-19-9-7-16(8-10-19)20(22)17-11-18(20)14-21(13-17)12-15-5-3-2-4-6-15/h2-10,17-18,22H,11-14H2,1H3/t17-,18-/m0/s1. The highest BCUT2D eigenvalue weighted by molar-refractivity contribution is 5.35. The topological polar surface area (TPSA) is 32.7 Å². The Balaban J connectivity index is 1.48. The molecule has 1 N–H and O–H groups in total. The van der Waals surface area contributed by atoms with Crippen molar-refractivity contribution in [1.29, 1.82) is 0 Å². The van der Waals surface area contributed by atoms with E-state index in [1.165, 1.54) is 5.56 Å². The van der Waals surface area contributed by atoms with Crippen molar-refractivity contribution in [1.82, 2.24) is 4.90 Å². The number of fused-ring (bicyclic) bond motifs is 2. The number of hydrogen-bond donors (Lipinski definition) is 1. The molecule has 0 radical (unpaired) electrons. The van der Waals surface area contributed by atoms with Gasteiger partial charge in [0.2, 0.25) is 0 Å². The molecule has 5 rings (SSSR count). The fourth-order valence-electron chi connectivity index (χ4n) is 4.30. The first-order valence-electron chi connectivity index (χ1n) is 8.33. The molecule has 0 amide bonds. The van der Waals surface area contributed by atoms with Crippen LogP contribution in [-0.4, -0.2) is 30.2 Å². The van der Waals surface area contributed by atoms with E-state index in [0.29, 0.717) is 11.8 Å². The highest BCUT2D eigenvalue weighted by atomic mass is 16.5. The first-order chi connectivity index (χ1) is 11.2. The fraction of sp³-hybridized carbons (Fsp3) is 0.400. The summed E-state index contributed by atoms with van der Waals surface area (Å²) >= 11 is 0. The minimum atomic E-state index is -0.653. The molecular weight excluding hydrogens is 286 g/mol. The van der Waals surface area contributed by atoms with Gasteiger partial charge in [-0.1, -0.05) is 42.5 Å². The largest absolute Gasteiger partial charge is 0.497 e. The Morgan fingerprint density at radius 2 is 1.70 bits per heavy atom. The van der Waals surface area contributed by atoms with Crippen LogP contribution in [0.15, 0.2) is 54.6 Å². The molecule has 0 unspecified atom stereocenters. The van der Waals surface area contributed by atoms with Crippen LogP contribution in [0.4, 0.5) is 0 Å². The van der Waals surface area contributed by atoms with Crippen LogP contribution in [0.1, 0.15) is 17.5 Å². The first-order valence-corrected chi connectivity index (χ1v) is 8.33. The zero-order valence-electron chi connectivity index (χ0n) is 13.5. The third kappa shape index (κ3) is 2.44. The van der Waals surface area contributed by atoms with Crippen LogP contribution in [-0.2, 0) is 12.1 Å². The summed E-state index contributed by atoms with van der Waals surface area (Å²) in [6, 6.07) is 18.5. The molecule has 1 aliphatic carbocycles. The van der Waals surface area contributed by atoms with E-state index in [1.54, 1.807) is 7.11 Å². The third-order valence-electron chi connectivity index (χ3n) is 5.57. The quantitative estimate of drug-likeness (QED) is 0.942. The maximum absolute atomic E-state index is 11.2. The second kappa shape index (κ2) is 5.66. The fourth-order valence-corrected chi connectivity index (χ4v) is 4.30. The van der Waals surface area contributed by atoms with Gasteiger partial charge in [0.05, 0.1) is 12.7 Å². The van der Waals surface area contributed by atoms with Gasteiger partial charge in [-0.3, -0.25) is 4.90 Å². The molecule has 0 aromatic heterocycles. The Morgan fingerprint density at radius 3 is 2.30 bits per heavy atom. The number of hydrogen-bond acceptors (Lipinski definition) is 3. The molecule has 1 saturated carbocycles. The van der Waals surface area contributed by atoms with Gasteiger partial charge in [0.1, 0.15) is 5.75 Å². The molecule has 3 fully saturated rings. The molecule has 2 saturated heterocycles. The average molecular weight is 309 g/mol. The summed E-state index contributed by atoms with van der Waals surface area (Å²) in [5.41, 5.74) is 1.74. The minimum absolute atomic E-state index is 0.332. The predicted molar refractivity (Wildman–Crippen MR) is 90.2 cm³/mol. The third-order valence-corrected chi connectivity index (χ3v) is 5.57. The number of methoxy groups -OCH3 is 1. The molecule has 2 aromatic rings. The Kier molecular flexibility index (Phi) is 3.63. The van der Waals surface area contributed by atoms with Gasteiger partial charge in [-0.2, -0.15) is 0 Å². The second-order valence-corrected chi connectivity index (χ2v) is 6.86. The van der Waals surface area contributed by atoms with E-state index >= 15 is 0 Å².